The van der Waals surface area contributed by atoms with Crippen molar-refractivity contribution in [2.75, 3.05) is 31.6 Å². The standard InChI is InChI=1S/C23H27N5O6.BrH/c24-13-4-8-20(22(30)25-17-9-11-18(12-10-17)28(32)33)27(23(31)26-14-5-15-26)21(29)16-34-19-6-2-1-3-7-19;/h1-3,6-7,9-12,20H,4-5,8,13-16,24H2,(H,25,30);1H/t20-;/m0./s1. The predicted molar refractivity (Wildman–Crippen MR) is 134 cm³/mol. The van der Waals surface area contributed by atoms with Gasteiger partial charge in [-0.1, -0.05) is 18.2 Å². The Morgan fingerprint density at radius 2 is 1.77 bits per heavy atom. The molecule has 2 aromatic carbocycles. The molecule has 3 N–H and O–H groups in total. The van der Waals surface area contributed by atoms with Crippen LogP contribution >= 0.6 is 17.0 Å². The van der Waals surface area contributed by atoms with E-state index >= 15 is 0 Å². The van der Waals surface area contributed by atoms with Crippen LogP contribution in [0.3, 0.4) is 0 Å². The zero-order chi connectivity index (χ0) is 24.5. The van der Waals surface area contributed by atoms with Gasteiger partial charge in [0.1, 0.15) is 11.8 Å². The Morgan fingerprint density at radius 1 is 1.11 bits per heavy atom. The number of carbonyl (C=O) groups is 3. The number of nitrogens with two attached hydrogens (primary N) is 1. The molecule has 0 aromatic heterocycles. The number of urea groups is 1. The summed E-state index contributed by atoms with van der Waals surface area (Å²) in [6, 6.07) is 12.3. The van der Waals surface area contributed by atoms with Gasteiger partial charge in [0.15, 0.2) is 6.61 Å². The Labute approximate surface area is 213 Å². The van der Waals surface area contributed by atoms with E-state index in [0.29, 0.717) is 30.9 Å². The maximum atomic E-state index is 13.2. The number of benzene rings is 2. The van der Waals surface area contributed by atoms with E-state index in [-0.39, 0.29) is 35.6 Å². The molecule has 4 amide bonds. The zero-order valence-electron chi connectivity index (χ0n) is 19.0. The van der Waals surface area contributed by atoms with Crippen molar-refractivity contribution in [3.05, 3.63) is 64.7 Å². The highest BCUT2D eigenvalue weighted by Gasteiger charge is 2.38. The number of nitro benzene ring substituents is 1. The third kappa shape index (κ3) is 7.49. The lowest BCUT2D eigenvalue weighted by Gasteiger charge is -2.38. The summed E-state index contributed by atoms with van der Waals surface area (Å²) in [7, 11) is 0. The minimum absolute atomic E-state index is 0. The minimum atomic E-state index is -1.13. The monoisotopic (exact) mass is 549 g/mol. The lowest BCUT2D eigenvalue weighted by molar-refractivity contribution is -0.384. The third-order valence-electron chi connectivity index (χ3n) is 5.35. The van der Waals surface area contributed by atoms with Crippen LogP contribution in [0.2, 0.25) is 0 Å². The van der Waals surface area contributed by atoms with Crippen LogP contribution in [0.5, 0.6) is 5.75 Å². The highest BCUT2D eigenvalue weighted by Crippen LogP contribution is 2.20. The smallest absolute Gasteiger partial charge is 0.327 e. The van der Waals surface area contributed by atoms with Gasteiger partial charge in [-0.2, -0.15) is 0 Å². The van der Waals surface area contributed by atoms with E-state index in [1.54, 1.807) is 30.3 Å². The van der Waals surface area contributed by atoms with Crippen molar-refractivity contribution in [1.29, 1.82) is 0 Å². The molecule has 12 heteroatoms. The molecule has 188 valence electrons. The van der Waals surface area contributed by atoms with E-state index in [1.807, 2.05) is 0 Å². The van der Waals surface area contributed by atoms with E-state index in [2.05, 4.69) is 5.32 Å². The number of para-hydroxylation sites is 1. The van der Waals surface area contributed by atoms with Gasteiger partial charge in [-0.25, -0.2) is 9.69 Å². The maximum absolute atomic E-state index is 13.2. The molecule has 1 heterocycles. The lowest BCUT2D eigenvalue weighted by atomic mass is 10.1. The Bertz CT molecular complexity index is 1020. The number of carbonyl (C=O) groups excluding carboxylic acids is 3. The number of halogens is 1. The number of non-ortho nitro benzene ring substituents is 1. The van der Waals surface area contributed by atoms with Crippen molar-refractivity contribution in [2.24, 2.45) is 5.73 Å². The van der Waals surface area contributed by atoms with E-state index in [9.17, 15) is 24.5 Å². The summed E-state index contributed by atoms with van der Waals surface area (Å²) in [5.74, 6) is -0.785. The van der Waals surface area contributed by atoms with E-state index < -0.39 is 35.4 Å². The summed E-state index contributed by atoms with van der Waals surface area (Å²) < 4.78 is 5.54. The predicted octanol–water partition coefficient (Wildman–Crippen LogP) is 2.95. The fraction of sp³-hybridized carbons (Fsp3) is 0.348. The van der Waals surface area contributed by atoms with Crippen LogP contribution in [0.15, 0.2) is 54.6 Å². The number of hydrogen-bond acceptors (Lipinski definition) is 7. The Balaban J connectivity index is 0.00000432. The number of amides is 4. The summed E-state index contributed by atoms with van der Waals surface area (Å²) >= 11 is 0. The Kier molecular flexibility index (Phi) is 10.6. The fourth-order valence-electron chi connectivity index (χ4n) is 3.39. The van der Waals surface area contributed by atoms with Crippen molar-refractivity contribution in [1.82, 2.24) is 9.80 Å². The number of nitro groups is 1. The third-order valence-corrected chi connectivity index (χ3v) is 5.35. The van der Waals surface area contributed by atoms with E-state index in [1.165, 1.54) is 29.2 Å². The molecule has 0 saturated carbocycles. The summed E-state index contributed by atoms with van der Waals surface area (Å²) in [5.41, 5.74) is 5.82. The van der Waals surface area contributed by atoms with Gasteiger partial charge in [0, 0.05) is 30.9 Å². The highest BCUT2D eigenvalue weighted by atomic mass is 79.9. The van der Waals surface area contributed by atoms with Crippen LogP contribution in [0, 0.1) is 10.1 Å². The first kappa shape index (κ1) is 27.7. The first-order valence-corrected chi connectivity index (χ1v) is 10.9. The van der Waals surface area contributed by atoms with Crippen molar-refractivity contribution in [3.63, 3.8) is 0 Å². The molecule has 0 radical (unpaired) electrons. The Hall–Kier alpha value is -3.51. The normalized spacial score (nSPS) is 13.0. The van der Waals surface area contributed by atoms with Crippen molar-refractivity contribution in [3.8, 4) is 5.75 Å². The summed E-state index contributed by atoms with van der Waals surface area (Å²) in [5, 5.41) is 13.5. The number of rotatable bonds is 10. The summed E-state index contributed by atoms with van der Waals surface area (Å²) in [6.07, 6.45) is 1.37. The summed E-state index contributed by atoms with van der Waals surface area (Å²) in [4.78, 5) is 52.3. The quantitative estimate of drug-likeness (QED) is 0.341. The molecule has 0 bridgehead atoms. The molecule has 0 spiro atoms. The lowest BCUT2D eigenvalue weighted by Crippen LogP contribution is -2.58. The van der Waals surface area contributed by atoms with Crippen LogP contribution in [-0.4, -0.2) is 64.9 Å². The van der Waals surface area contributed by atoms with Crippen molar-refractivity contribution in [2.45, 2.75) is 25.3 Å². The SMILES string of the molecule is Br.NCCC[C@@H](C(=O)Nc1ccc([N+](=O)[O-])cc1)N(C(=O)COc1ccccc1)C(=O)N1CCC1. The van der Waals surface area contributed by atoms with Gasteiger partial charge >= 0.3 is 6.03 Å². The van der Waals surface area contributed by atoms with Crippen LogP contribution in [-0.2, 0) is 9.59 Å². The number of anilines is 1. The number of nitrogens with one attached hydrogen (secondary N) is 1. The van der Waals surface area contributed by atoms with Crippen LogP contribution in [0.4, 0.5) is 16.2 Å². The highest BCUT2D eigenvalue weighted by molar-refractivity contribution is 8.93. The molecule has 1 fully saturated rings. The van der Waals surface area contributed by atoms with Gasteiger partial charge < -0.3 is 20.7 Å². The second kappa shape index (κ2) is 13.4. The van der Waals surface area contributed by atoms with Crippen LogP contribution < -0.4 is 15.8 Å². The topological polar surface area (TPSA) is 148 Å². The number of hydrogen-bond donors (Lipinski definition) is 2. The number of imide groups is 1. The average molecular weight is 550 g/mol. The fourth-order valence-corrected chi connectivity index (χ4v) is 3.39. The summed E-state index contributed by atoms with van der Waals surface area (Å²) in [6.45, 7) is 0.834. The molecule has 0 unspecified atom stereocenters. The molecular weight excluding hydrogens is 522 g/mol. The minimum Gasteiger partial charge on any atom is -0.484 e. The molecule has 1 aliphatic rings. The molecule has 2 aromatic rings. The van der Waals surface area contributed by atoms with Crippen molar-refractivity contribution >= 4 is 46.2 Å². The molecule has 0 aliphatic carbocycles. The molecule has 1 aliphatic heterocycles. The molecule has 11 nitrogen and oxygen atoms in total. The largest absolute Gasteiger partial charge is 0.484 e. The van der Waals surface area contributed by atoms with Gasteiger partial charge in [0.2, 0.25) is 5.91 Å². The Morgan fingerprint density at radius 3 is 2.31 bits per heavy atom. The molecule has 1 atom stereocenters. The number of ether oxygens (including phenoxy) is 1. The van der Waals surface area contributed by atoms with Gasteiger partial charge in [-0.15, -0.1) is 17.0 Å². The second-order valence-electron chi connectivity index (χ2n) is 7.73. The second-order valence-corrected chi connectivity index (χ2v) is 7.73. The number of likely N-dealkylation sites (tertiary alicyclic amines) is 1. The van der Waals surface area contributed by atoms with Crippen LogP contribution in [0.25, 0.3) is 0 Å². The molecule has 3 rings (SSSR count). The molecular formula is C23H28BrN5O6. The van der Waals surface area contributed by atoms with Gasteiger partial charge in [-0.05, 0) is 50.1 Å². The molecule has 1 saturated heterocycles. The molecule has 35 heavy (non-hydrogen) atoms. The van der Waals surface area contributed by atoms with Gasteiger partial charge in [-0.3, -0.25) is 19.7 Å². The van der Waals surface area contributed by atoms with E-state index in [0.717, 1.165) is 11.3 Å². The van der Waals surface area contributed by atoms with E-state index in [4.69, 9.17) is 10.5 Å². The van der Waals surface area contributed by atoms with Gasteiger partial charge in [0.05, 0.1) is 4.92 Å². The maximum Gasteiger partial charge on any atom is 0.327 e. The number of nitrogens with zero attached hydrogens (tertiary/aromatic N) is 3. The first-order chi connectivity index (χ1) is 16.4. The first-order valence-electron chi connectivity index (χ1n) is 10.9. The average Bonchev–Trinajstić information content (AvgIpc) is 2.80. The van der Waals surface area contributed by atoms with Gasteiger partial charge in [0.25, 0.3) is 11.6 Å². The van der Waals surface area contributed by atoms with Crippen molar-refractivity contribution < 1.29 is 24.0 Å². The van der Waals surface area contributed by atoms with Crippen LogP contribution in [0.1, 0.15) is 19.3 Å². The zero-order valence-corrected chi connectivity index (χ0v) is 20.7.